The molecule has 1 aromatic rings. The van der Waals surface area contributed by atoms with Crippen molar-refractivity contribution in [3.05, 3.63) is 35.9 Å². The molecule has 3 N–H and O–H groups in total. The molecule has 1 unspecified atom stereocenters. The molecule has 0 fully saturated rings. The minimum Gasteiger partial charge on any atom is -0.375 e. The summed E-state index contributed by atoms with van der Waals surface area (Å²) in [5.41, 5.74) is 6.31. The van der Waals surface area contributed by atoms with Gasteiger partial charge in [-0.25, -0.2) is 0 Å². The number of nitrogens with one attached hydrogen (secondary N) is 1. The first-order chi connectivity index (χ1) is 7.72. The van der Waals surface area contributed by atoms with Crippen LogP contribution in [0.4, 0.5) is 0 Å². The fourth-order valence-electron chi connectivity index (χ4n) is 1.30. The second-order valence-corrected chi connectivity index (χ2v) is 3.67. The second-order valence-electron chi connectivity index (χ2n) is 3.67. The molecule has 0 aliphatic carbocycles. The number of ether oxygens (including phenoxy) is 1. The Morgan fingerprint density at radius 3 is 2.65 bits per heavy atom. The Kier molecular flexibility index (Phi) is 8.40. The molecule has 1 amide bonds. The van der Waals surface area contributed by atoms with Gasteiger partial charge in [0.15, 0.2) is 0 Å². The van der Waals surface area contributed by atoms with Crippen LogP contribution in [-0.4, -0.2) is 25.1 Å². The Bertz CT molecular complexity index is 320. The number of nitrogens with two attached hydrogens (primary N) is 1. The van der Waals surface area contributed by atoms with E-state index in [0.29, 0.717) is 13.2 Å². The number of hydrogen-bond acceptors (Lipinski definition) is 3. The maximum atomic E-state index is 11.0. The van der Waals surface area contributed by atoms with Crippen LogP contribution >= 0.6 is 12.4 Å². The van der Waals surface area contributed by atoms with Crippen molar-refractivity contribution in [3.63, 3.8) is 0 Å². The summed E-state index contributed by atoms with van der Waals surface area (Å²) in [7, 11) is 0. The van der Waals surface area contributed by atoms with Crippen LogP contribution < -0.4 is 11.1 Å². The highest BCUT2D eigenvalue weighted by atomic mass is 35.5. The molecular weight excluding hydrogens is 240 g/mol. The Balaban J connectivity index is 0.00000256. The number of amides is 1. The predicted molar refractivity (Wildman–Crippen MR) is 70.0 cm³/mol. The van der Waals surface area contributed by atoms with Gasteiger partial charge in [0.25, 0.3) is 0 Å². The molecule has 0 saturated heterocycles. The van der Waals surface area contributed by atoms with Crippen LogP contribution in [0.5, 0.6) is 0 Å². The van der Waals surface area contributed by atoms with Gasteiger partial charge in [-0.05, 0) is 12.5 Å². The van der Waals surface area contributed by atoms with E-state index < -0.39 is 0 Å². The highest BCUT2D eigenvalue weighted by molar-refractivity contribution is 5.85. The van der Waals surface area contributed by atoms with Crippen molar-refractivity contribution in [3.8, 4) is 0 Å². The molecule has 0 aromatic heterocycles. The van der Waals surface area contributed by atoms with Gasteiger partial charge in [0.05, 0.1) is 19.8 Å². The zero-order valence-corrected chi connectivity index (χ0v) is 10.7. The van der Waals surface area contributed by atoms with Crippen LogP contribution in [0.3, 0.4) is 0 Å². The van der Waals surface area contributed by atoms with Gasteiger partial charge in [0.2, 0.25) is 5.91 Å². The van der Waals surface area contributed by atoms with Crippen molar-refractivity contribution < 1.29 is 9.53 Å². The fraction of sp³-hybridized carbons (Fsp3) is 0.417. The molecule has 17 heavy (non-hydrogen) atoms. The highest BCUT2D eigenvalue weighted by Gasteiger charge is 2.05. The first-order valence-electron chi connectivity index (χ1n) is 5.33. The Morgan fingerprint density at radius 1 is 1.41 bits per heavy atom. The number of hydrogen-bond donors (Lipinski definition) is 2. The summed E-state index contributed by atoms with van der Waals surface area (Å²) in [6.45, 7) is 2.95. The van der Waals surface area contributed by atoms with Gasteiger partial charge in [-0.2, -0.15) is 0 Å². The lowest BCUT2D eigenvalue weighted by Gasteiger charge is -2.13. The molecule has 96 valence electrons. The summed E-state index contributed by atoms with van der Waals surface area (Å²) in [5, 5.41) is 2.73. The van der Waals surface area contributed by atoms with Gasteiger partial charge < -0.3 is 15.8 Å². The standard InChI is InChI=1S/C12H18N2O2.ClH/c1-10(14-12(15)7-13)8-16-9-11-5-3-2-4-6-11;/h2-6,10H,7-9,13H2,1H3,(H,14,15);1H. The van der Waals surface area contributed by atoms with E-state index in [2.05, 4.69) is 5.32 Å². The van der Waals surface area contributed by atoms with Gasteiger partial charge in [-0.3, -0.25) is 4.79 Å². The van der Waals surface area contributed by atoms with E-state index in [-0.39, 0.29) is 30.9 Å². The first kappa shape index (κ1) is 15.9. The van der Waals surface area contributed by atoms with Crippen LogP contribution in [0.1, 0.15) is 12.5 Å². The van der Waals surface area contributed by atoms with Gasteiger partial charge in [-0.1, -0.05) is 30.3 Å². The van der Waals surface area contributed by atoms with E-state index in [1.54, 1.807) is 0 Å². The average molecular weight is 259 g/mol. The number of halogens is 1. The van der Waals surface area contributed by atoms with Crippen molar-refractivity contribution in [2.75, 3.05) is 13.2 Å². The molecule has 0 aliphatic rings. The number of carbonyl (C=O) groups is 1. The summed E-state index contributed by atoms with van der Waals surface area (Å²) in [4.78, 5) is 11.0. The molecule has 0 heterocycles. The minimum atomic E-state index is -0.157. The zero-order valence-electron chi connectivity index (χ0n) is 9.89. The third-order valence-corrected chi connectivity index (χ3v) is 2.07. The van der Waals surface area contributed by atoms with Crippen LogP contribution in [0, 0.1) is 0 Å². The summed E-state index contributed by atoms with van der Waals surface area (Å²) < 4.78 is 5.47. The summed E-state index contributed by atoms with van der Waals surface area (Å²) in [5.74, 6) is -0.157. The summed E-state index contributed by atoms with van der Waals surface area (Å²) >= 11 is 0. The second kappa shape index (κ2) is 8.98. The molecule has 0 radical (unpaired) electrons. The van der Waals surface area contributed by atoms with Gasteiger partial charge >= 0.3 is 0 Å². The largest absolute Gasteiger partial charge is 0.375 e. The third-order valence-electron chi connectivity index (χ3n) is 2.07. The number of rotatable bonds is 6. The maximum absolute atomic E-state index is 11.0. The predicted octanol–water partition coefficient (Wildman–Crippen LogP) is 1.09. The average Bonchev–Trinajstić information content (AvgIpc) is 2.30. The van der Waals surface area contributed by atoms with Crippen molar-refractivity contribution >= 4 is 18.3 Å². The molecule has 1 aromatic carbocycles. The Morgan fingerprint density at radius 2 is 2.06 bits per heavy atom. The SMILES string of the molecule is CC(COCc1ccccc1)NC(=O)CN.Cl. The van der Waals surface area contributed by atoms with Gasteiger partial charge in [0, 0.05) is 6.04 Å². The van der Waals surface area contributed by atoms with Crippen molar-refractivity contribution in [1.29, 1.82) is 0 Å². The van der Waals surface area contributed by atoms with Gasteiger partial charge in [0.1, 0.15) is 0 Å². The smallest absolute Gasteiger partial charge is 0.234 e. The van der Waals surface area contributed by atoms with E-state index in [9.17, 15) is 4.79 Å². The van der Waals surface area contributed by atoms with Crippen molar-refractivity contribution in [2.24, 2.45) is 5.73 Å². The lowest BCUT2D eigenvalue weighted by molar-refractivity contribution is -0.120. The third kappa shape index (κ3) is 6.94. The Hall–Kier alpha value is -1.10. The van der Waals surface area contributed by atoms with Crippen molar-refractivity contribution in [2.45, 2.75) is 19.6 Å². The van der Waals surface area contributed by atoms with E-state index >= 15 is 0 Å². The van der Waals surface area contributed by atoms with E-state index in [0.717, 1.165) is 5.56 Å². The number of carbonyl (C=O) groups excluding carboxylic acids is 1. The molecule has 0 spiro atoms. The fourth-order valence-corrected chi connectivity index (χ4v) is 1.30. The van der Waals surface area contributed by atoms with E-state index in [1.807, 2.05) is 37.3 Å². The minimum absolute atomic E-state index is 0. The molecule has 0 bridgehead atoms. The normalized spacial score (nSPS) is 11.4. The first-order valence-corrected chi connectivity index (χ1v) is 5.33. The lowest BCUT2D eigenvalue weighted by Crippen LogP contribution is -2.39. The molecule has 4 nitrogen and oxygen atoms in total. The highest BCUT2D eigenvalue weighted by Crippen LogP contribution is 2.00. The Labute approximate surface area is 108 Å². The lowest BCUT2D eigenvalue weighted by atomic mass is 10.2. The van der Waals surface area contributed by atoms with Crippen LogP contribution in [0.25, 0.3) is 0 Å². The topological polar surface area (TPSA) is 64.3 Å². The van der Waals surface area contributed by atoms with Crippen LogP contribution in [0.2, 0.25) is 0 Å². The molecule has 1 atom stereocenters. The van der Waals surface area contributed by atoms with Crippen molar-refractivity contribution in [1.82, 2.24) is 5.32 Å². The van der Waals surface area contributed by atoms with Crippen LogP contribution in [0.15, 0.2) is 30.3 Å². The van der Waals surface area contributed by atoms with Crippen LogP contribution in [-0.2, 0) is 16.1 Å². The summed E-state index contributed by atoms with van der Waals surface area (Å²) in [6.07, 6.45) is 0. The molecule has 5 heteroatoms. The van der Waals surface area contributed by atoms with Gasteiger partial charge in [-0.15, -0.1) is 12.4 Å². The molecule has 0 aliphatic heterocycles. The maximum Gasteiger partial charge on any atom is 0.234 e. The monoisotopic (exact) mass is 258 g/mol. The number of benzene rings is 1. The summed E-state index contributed by atoms with van der Waals surface area (Å²) in [6, 6.07) is 9.90. The molecule has 1 rings (SSSR count). The zero-order chi connectivity index (χ0) is 11.8. The molecular formula is C12H19ClN2O2. The van der Waals surface area contributed by atoms with E-state index in [1.165, 1.54) is 0 Å². The molecule has 0 saturated carbocycles. The van der Waals surface area contributed by atoms with E-state index in [4.69, 9.17) is 10.5 Å². The quantitative estimate of drug-likeness (QED) is 0.803.